The van der Waals surface area contributed by atoms with Crippen molar-refractivity contribution in [2.75, 3.05) is 13.2 Å². The first-order valence-electron chi connectivity index (χ1n) is 7.05. The topological polar surface area (TPSA) is 49.3 Å². The first-order valence-corrected chi connectivity index (χ1v) is 7.05. The Labute approximate surface area is 120 Å². The summed E-state index contributed by atoms with van der Waals surface area (Å²) in [6.07, 6.45) is 2.42. The van der Waals surface area contributed by atoms with Gasteiger partial charge in [-0.15, -0.1) is 0 Å². The number of rotatable bonds is 4. The Morgan fingerprint density at radius 1 is 1.35 bits per heavy atom. The van der Waals surface area contributed by atoms with Gasteiger partial charge in [0.25, 0.3) is 5.91 Å². The Morgan fingerprint density at radius 3 is 2.50 bits per heavy atom. The smallest absolute Gasteiger partial charge is 0.251 e. The Balaban J connectivity index is 1.93. The average molecular weight is 271 g/mol. The SMILES string of the molecule is CC(C)C1(CNC(=O)c2ccc(C#CCO)cc2)CC1. The number of hydrogen-bond donors (Lipinski definition) is 2. The molecule has 0 spiro atoms. The molecule has 0 aromatic heterocycles. The van der Waals surface area contributed by atoms with Crippen LogP contribution in [0.2, 0.25) is 0 Å². The zero-order valence-electron chi connectivity index (χ0n) is 12.1. The lowest BCUT2D eigenvalue weighted by atomic mass is 9.92. The van der Waals surface area contributed by atoms with Crippen LogP contribution in [-0.4, -0.2) is 24.2 Å². The second-order valence-electron chi connectivity index (χ2n) is 5.74. The fourth-order valence-electron chi connectivity index (χ4n) is 2.32. The van der Waals surface area contributed by atoms with Crippen molar-refractivity contribution >= 4 is 5.91 Å². The third-order valence-electron chi connectivity index (χ3n) is 4.18. The minimum atomic E-state index is -0.153. The predicted octanol–water partition coefficient (Wildman–Crippen LogP) is 2.20. The van der Waals surface area contributed by atoms with Crippen LogP contribution in [0.25, 0.3) is 0 Å². The molecule has 1 aliphatic rings. The van der Waals surface area contributed by atoms with Gasteiger partial charge in [-0.3, -0.25) is 4.79 Å². The summed E-state index contributed by atoms with van der Waals surface area (Å²) in [7, 11) is 0. The van der Waals surface area contributed by atoms with E-state index < -0.39 is 0 Å². The normalized spacial score (nSPS) is 15.4. The van der Waals surface area contributed by atoms with E-state index in [0.29, 0.717) is 16.9 Å². The number of carbonyl (C=O) groups excluding carboxylic acids is 1. The van der Waals surface area contributed by atoms with Crippen molar-refractivity contribution in [3.05, 3.63) is 35.4 Å². The Kier molecular flexibility index (Phi) is 4.46. The van der Waals surface area contributed by atoms with Gasteiger partial charge in [-0.2, -0.15) is 0 Å². The van der Waals surface area contributed by atoms with Gasteiger partial charge in [-0.1, -0.05) is 25.7 Å². The summed E-state index contributed by atoms with van der Waals surface area (Å²) in [5, 5.41) is 11.7. The van der Waals surface area contributed by atoms with Crippen molar-refractivity contribution in [1.29, 1.82) is 0 Å². The Bertz CT molecular complexity index is 530. The fraction of sp³-hybridized carbons (Fsp3) is 0.471. The largest absolute Gasteiger partial charge is 0.384 e. The molecule has 1 aromatic rings. The lowest BCUT2D eigenvalue weighted by Crippen LogP contribution is -2.32. The van der Waals surface area contributed by atoms with Crippen LogP contribution in [0.15, 0.2) is 24.3 Å². The van der Waals surface area contributed by atoms with Crippen LogP contribution in [-0.2, 0) is 0 Å². The molecule has 1 saturated carbocycles. The number of nitrogens with one attached hydrogen (secondary N) is 1. The molecule has 1 aromatic carbocycles. The number of aliphatic hydroxyl groups excluding tert-OH is 1. The molecule has 0 bridgehead atoms. The molecule has 0 atom stereocenters. The third-order valence-corrected chi connectivity index (χ3v) is 4.18. The highest BCUT2D eigenvalue weighted by Gasteiger charge is 2.45. The monoisotopic (exact) mass is 271 g/mol. The highest BCUT2D eigenvalue weighted by atomic mass is 16.2. The first-order chi connectivity index (χ1) is 9.57. The van der Waals surface area contributed by atoms with E-state index in [1.54, 1.807) is 24.3 Å². The molecule has 1 aliphatic carbocycles. The summed E-state index contributed by atoms with van der Waals surface area (Å²) < 4.78 is 0. The molecular weight excluding hydrogens is 250 g/mol. The standard InChI is InChI=1S/C17H21NO2/c1-13(2)17(9-10-17)12-18-16(20)15-7-5-14(6-8-15)4-3-11-19/h5-8,13,19H,9-12H2,1-2H3,(H,18,20). The Morgan fingerprint density at radius 2 is 2.00 bits per heavy atom. The minimum Gasteiger partial charge on any atom is -0.384 e. The lowest BCUT2D eigenvalue weighted by molar-refractivity contribution is 0.0940. The van der Waals surface area contributed by atoms with Gasteiger partial charge >= 0.3 is 0 Å². The molecule has 0 radical (unpaired) electrons. The number of hydrogen-bond acceptors (Lipinski definition) is 2. The maximum atomic E-state index is 12.1. The van der Waals surface area contributed by atoms with Crippen molar-refractivity contribution in [2.45, 2.75) is 26.7 Å². The maximum Gasteiger partial charge on any atom is 0.251 e. The molecule has 3 nitrogen and oxygen atoms in total. The number of carbonyl (C=O) groups is 1. The predicted molar refractivity (Wildman–Crippen MR) is 79.2 cm³/mol. The van der Waals surface area contributed by atoms with E-state index in [2.05, 4.69) is 31.0 Å². The van der Waals surface area contributed by atoms with Crippen LogP contribution in [0.1, 0.15) is 42.6 Å². The second-order valence-corrected chi connectivity index (χ2v) is 5.74. The quantitative estimate of drug-likeness (QED) is 0.825. The van der Waals surface area contributed by atoms with Crippen LogP contribution in [0, 0.1) is 23.2 Å². The van der Waals surface area contributed by atoms with Crippen LogP contribution < -0.4 is 5.32 Å². The molecular formula is C17H21NO2. The Hall–Kier alpha value is -1.79. The summed E-state index contributed by atoms with van der Waals surface area (Å²) in [6.45, 7) is 5.04. The molecule has 2 rings (SSSR count). The summed E-state index contributed by atoms with van der Waals surface area (Å²) >= 11 is 0. The molecule has 0 aliphatic heterocycles. The molecule has 1 fully saturated rings. The minimum absolute atomic E-state index is 0.0291. The van der Waals surface area contributed by atoms with E-state index in [1.165, 1.54) is 12.8 Å². The van der Waals surface area contributed by atoms with Gasteiger partial charge in [0.15, 0.2) is 0 Å². The lowest BCUT2D eigenvalue weighted by Gasteiger charge is -2.19. The van der Waals surface area contributed by atoms with Crippen LogP contribution in [0.5, 0.6) is 0 Å². The van der Waals surface area contributed by atoms with Crippen molar-refractivity contribution in [1.82, 2.24) is 5.32 Å². The fourth-order valence-corrected chi connectivity index (χ4v) is 2.32. The number of benzene rings is 1. The summed E-state index contributed by atoms with van der Waals surface area (Å²) in [5.41, 5.74) is 1.78. The van der Waals surface area contributed by atoms with Crippen LogP contribution >= 0.6 is 0 Å². The molecule has 106 valence electrons. The number of aliphatic hydroxyl groups is 1. The summed E-state index contributed by atoms with van der Waals surface area (Å²) in [6, 6.07) is 7.14. The van der Waals surface area contributed by atoms with Gasteiger partial charge in [-0.05, 0) is 48.4 Å². The first kappa shape index (κ1) is 14.6. The molecule has 0 heterocycles. The zero-order valence-corrected chi connectivity index (χ0v) is 12.1. The van der Waals surface area contributed by atoms with E-state index in [0.717, 1.165) is 12.1 Å². The zero-order chi connectivity index (χ0) is 14.6. The molecule has 1 amide bonds. The van der Waals surface area contributed by atoms with E-state index >= 15 is 0 Å². The molecule has 2 N–H and O–H groups in total. The average Bonchev–Trinajstić information content (AvgIpc) is 3.24. The highest BCUT2D eigenvalue weighted by molar-refractivity contribution is 5.94. The van der Waals surface area contributed by atoms with Gasteiger partial charge in [0.1, 0.15) is 6.61 Å². The van der Waals surface area contributed by atoms with Crippen LogP contribution in [0.4, 0.5) is 0 Å². The van der Waals surface area contributed by atoms with Crippen molar-refractivity contribution in [2.24, 2.45) is 11.3 Å². The van der Waals surface area contributed by atoms with Crippen molar-refractivity contribution < 1.29 is 9.90 Å². The van der Waals surface area contributed by atoms with Crippen LogP contribution in [0.3, 0.4) is 0 Å². The van der Waals surface area contributed by atoms with E-state index in [-0.39, 0.29) is 12.5 Å². The highest BCUT2D eigenvalue weighted by Crippen LogP contribution is 2.51. The molecule has 3 heteroatoms. The van der Waals surface area contributed by atoms with Gasteiger partial charge in [0.2, 0.25) is 0 Å². The molecule has 0 unspecified atom stereocenters. The molecule has 0 saturated heterocycles. The second kappa shape index (κ2) is 6.11. The maximum absolute atomic E-state index is 12.1. The van der Waals surface area contributed by atoms with E-state index in [9.17, 15) is 4.79 Å². The molecule has 20 heavy (non-hydrogen) atoms. The van der Waals surface area contributed by atoms with E-state index in [4.69, 9.17) is 5.11 Å². The summed E-state index contributed by atoms with van der Waals surface area (Å²) in [4.78, 5) is 12.1. The number of amides is 1. The van der Waals surface area contributed by atoms with Gasteiger partial charge in [0.05, 0.1) is 0 Å². The third kappa shape index (κ3) is 3.40. The van der Waals surface area contributed by atoms with Gasteiger partial charge in [0, 0.05) is 17.7 Å². The van der Waals surface area contributed by atoms with Crippen molar-refractivity contribution in [3.63, 3.8) is 0 Å². The van der Waals surface area contributed by atoms with E-state index in [1.807, 2.05) is 0 Å². The van der Waals surface area contributed by atoms with Gasteiger partial charge < -0.3 is 10.4 Å². The van der Waals surface area contributed by atoms with Crippen molar-refractivity contribution in [3.8, 4) is 11.8 Å². The summed E-state index contributed by atoms with van der Waals surface area (Å²) in [5.74, 6) is 5.97. The van der Waals surface area contributed by atoms with Gasteiger partial charge in [-0.25, -0.2) is 0 Å².